The summed E-state index contributed by atoms with van der Waals surface area (Å²) in [6, 6.07) is 0.396. The monoisotopic (exact) mass is 192 g/mol. The Hall–Kier alpha value is -1.16. The van der Waals surface area contributed by atoms with Gasteiger partial charge in [0.05, 0.1) is 5.69 Å². The van der Waals surface area contributed by atoms with E-state index in [2.05, 4.69) is 15.3 Å². The highest BCUT2D eigenvalue weighted by Gasteiger charge is 2.18. The number of hydrogen-bond acceptors (Lipinski definition) is 4. The molecule has 2 rings (SSSR count). The first-order valence-electron chi connectivity index (χ1n) is 5.10. The maximum Gasteiger partial charge on any atom is 0.220 e. The Labute approximate surface area is 83.9 Å². The SMILES string of the molecule is CNC1CCCCc2nc(N)ncc21. The van der Waals surface area contributed by atoms with E-state index in [-0.39, 0.29) is 0 Å². The van der Waals surface area contributed by atoms with Crippen LogP contribution < -0.4 is 11.1 Å². The summed E-state index contributed by atoms with van der Waals surface area (Å²) in [5.74, 6) is 0.389. The Morgan fingerprint density at radius 3 is 3.14 bits per heavy atom. The molecule has 0 aromatic carbocycles. The molecule has 4 nitrogen and oxygen atoms in total. The quantitative estimate of drug-likeness (QED) is 0.653. The standard InChI is InChI=1S/C10H16N4/c1-12-8-4-2-3-5-9-7(8)6-13-10(11)14-9/h6,8,12H,2-5H2,1H3,(H2,11,13,14). The summed E-state index contributed by atoms with van der Waals surface area (Å²) >= 11 is 0. The fraction of sp³-hybridized carbons (Fsp3) is 0.600. The van der Waals surface area contributed by atoms with Crippen molar-refractivity contribution in [3.05, 3.63) is 17.5 Å². The van der Waals surface area contributed by atoms with Gasteiger partial charge < -0.3 is 11.1 Å². The molecule has 0 aliphatic heterocycles. The lowest BCUT2D eigenvalue weighted by atomic mass is 10.1. The molecule has 0 saturated carbocycles. The van der Waals surface area contributed by atoms with Crippen molar-refractivity contribution in [2.45, 2.75) is 31.7 Å². The van der Waals surface area contributed by atoms with E-state index < -0.39 is 0 Å². The van der Waals surface area contributed by atoms with Gasteiger partial charge in [-0.15, -0.1) is 0 Å². The fourth-order valence-electron chi connectivity index (χ4n) is 2.03. The lowest BCUT2D eigenvalue weighted by Crippen LogP contribution is -2.17. The minimum atomic E-state index is 0.389. The minimum absolute atomic E-state index is 0.389. The number of fused-ring (bicyclic) bond motifs is 1. The van der Waals surface area contributed by atoms with Crippen LogP contribution >= 0.6 is 0 Å². The molecule has 3 N–H and O–H groups in total. The second kappa shape index (κ2) is 3.92. The molecule has 14 heavy (non-hydrogen) atoms. The van der Waals surface area contributed by atoms with Crippen LogP contribution in [0.1, 0.15) is 36.6 Å². The van der Waals surface area contributed by atoms with Crippen LogP contribution in [0, 0.1) is 0 Å². The average Bonchev–Trinajstić information content (AvgIpc) is 2.38. The van der Waals surface area contributed by atoms with Gasteiger partial charge in [-0.05, 0) is 26.3 Å². The molecule has 76 valence electrons. The van der Waals surface area contributed by atoms with E-state index in [1.165, 1.54) is 18.4 Å². The molecule has 4 heteroatoms. The van der Waals surface area contributed by atoms with Gasteiger partial charge in [0.2, 0.25) is 5.95 Å². The van der Waals surface area contributed by atoms with E-state index in [1.807, 2.05) is 13.2 Å². The summed E-state index contributed by atoms with van der Waals surface area (Å²) in [5, 5.41) is 3.30. The van der Waals surface area contributed by atoms with E-state index in [0.717, 1.165) is 18.5 Å². The van der Waals surface area contributed by atoms with Crippen molar-refractivity contribution in [2.75, 3.05) is 12.8 Å². The summed E-state index contributed by atoms with van der Waals surface area (Å²) in [4.78, 5) is 8.36. The Morgan fingerprint density at radius 1 is 1.50 bits per heavy atom. The van der Waals surface area contributed by atoms with Gasteiger partial charge in [0.1, 0.15) is 0 Å². The highest BCUT2D eigenvalue weighted by atomic mass is 15.0. The molecule has 1 aliphatic rings. The molecule has 1 unspecified atom stereocenters. The zero-order chi connectivity index (χ0) is 9.97. The van der Waals surface area contributed by atoms with Gasteiger partial charge in [0.15, 0.2) is 0 Å². The third-order valence-electron chi connectivity index (χ3n) is 2.80. The van der Waals surface area contributed by atoms with E-state index >= 15 is 0 Å². The number of nitrogens with two attached hydrogens (primary N) is 1. The minimum Gasteiger partial charge on any atom is -0.368 e. The third-order valence-corrected chi connectivity index (χ3v) is 2.80. The zero-order valence-electron chi connectivity index (χ0n) is 8.45. The van der Waals surface area contributed by atoms with Gasteiger partial charge in [-0.1, -0.05) is 6.42 Å². The van der Waals surface area contributed by atoms with Crippen LogP contribution in [0.3, 0.4) is 0 Å². The van der Waals surface area contributed by atoms with Crippen molar-refractivity contribution in [1.82, 2.24) is 15.3 Å². The summed E-state index contributed by atoms with van der Waals surface area (Å²) in [7, 11) is 1.98. The molecule has 1 aromatic rings. The Bertz CT molecular complexity index is 324. The highest BCUT2D eigenvalue weighted by Crippen LogP contribution is 2.26. The van der Waals surface area contributed by atoms with E-state index in [4.69, 9.17) is 5.73 Å². The van der Waals surface area contributed by atoms with Crippen LogP contribution in [0.4, 0.5) is 5.95 Å². The molecular weight excluding hydrogens is 176 g/mol. The second-order valence-electron chi connectivity index (χ2n) is 3.72. The molecule has 1 aliphatic carbocycles. The van der Waals surface area contributed by atoms with Crippen LogP contribution in [-0.4, -0.2) is 17.0 Å². The average molecular weight is 192 g/mol. The number of rotatable bonds is 1. The number of aromatic nitrogens is 2. The van der Waals surface area contributed by atoms with E-state index in [1.54, 1.807) is 0 Å². The van der Waals surface area contributed by atoms with Crippen molar-refractivity contribution in [3.8, 4) is 0 Å². The predicted molar refractivity (Wildman–Crippen MR) is 55.8 cm³/mol. The van der Waals surface area contributed by atoms with Crippen molar-refractivity contribution in [2.24, 2.45) is 0 Å². The fourth-order valence-corrected chi connectivity index (χ4v) is 2.03. The summed E-state index contributed by atoms with van der Waals surface area (Å²) in [6.07, 6.45) is 6.49. The molecule has 0 fully saturated rings. The van der Waals surface area contributed by atoms with Crippen molar-refractivity contribution >= 4 is 5.95 Å². The summed E-state index contributed by atoms with van der Waals surface area (Å²) in [5.41, 5.74) is 7.92. The maximum absolute atomic E-state index is 5.58. The van der Waals surface area contributed by atoms with Crippen molar-refractivity contribution in [3.63, 3.8) is 0 Å². The number of anilines is 1. The number of nitrogens with zero attached hydrogens (tertiary/aromatic N) is 2. The molecule has 0 saturated heterocycles. The molecule has 0 bridgehead atoms. The zero-order valence-corrected chi connectivity index (χ0v) is 8.45. The van der Waals surface area contributed by atoms with Gasteiger partial charge in [0.25, 0.3) is 0 Å². The molecule has 1 atom stereocenters. The molecule has 0 spiro atoms. The molecular formula is C10H16N4. The van der Waals surface area contributed by atoms with Crippen LogP contribution in [0.15, 0.2) is 6.20 Å². The van der Waals surface area contributed by atoms with E-state index in [0.29, 0.717) is 12.0 Å². The number of hydrogen-bond donors (Lipinski definition) is 2. The first-order chi connectivity index (χ1) is 6.81. The van der Waals surface area contributed by atoms with Crippen LogP contribution in [-0.2, 0) is 6.42 Å². The largest absolute Gasteiger partial charge is 0.368 e. The normalized spacial score (nSPS) is 21.4. The van der Waals surface area contributed by atoms with Crippen LogP contribution in [0.2, 0.25) is 0 Å². The molecule has 1 heterocycles. The van der Waals surface area contributed by atoms with Gasteiger partial charge in [-0.3, -0.25) is 0 Å². The Balaban J connectivity index is 2.39. The topological polar surface area (TPSA) is 63.8 Å². The third kappa shape index (κ3) is 1.70. The summed E-state index contributed by atoms with van der Waals surface area (Å²) < 4.78 is 0. The highest BCUT2D eigenvalue weighted by molar-refractivity contribution is 5.28. The molecule has 0 amide bonds. The van der Waals surface area contributed by atoms with E-state index in [9.17, 15) is 0 Å². The van der Waals surface area contributed by atoms with Gasteiger partial charge in [-0.25, -0.2) is 9.97 Å². The predicted octanol–water partition coefficient (Wildman–Crippen LogP) is 1.05. The molecule has 0 radical (unpaired) electrons. The van der Waals surface area contributed by atoms with Gasteiger partial charge in [0, 0.05) is 17.8 Å². The van der Waals surface area contributed by atoms with Crippen LogP contribution in [0.5, 0.6) is 0 Å². The number of nitrogens with one attached hydrogen (secondary N) is 1. The van der Waals surface area contributed by atoms with Crippen molar-refractivity contribution < 1.29 is 0 Å². The first-order valence-corrected chi connectivity index (χ1v) is 5.10. The Kier molecular flexibility index (Phi) is 2.63. The first kappa shape index (κ1) is 9.40. The lowest BCUT2D eigenvalue weighted by Gasteiger charge is -2.15. The van der Waals surface area contributed by atoms with Gasteiger partial charge >= 0.3 is 0 Å². The number of nitrogen functional groups attached to an aromatic ring is 1. The number of aryl methyl sites for hydroxylation is 1. The van der Waals surface area contributed by atoms with Gasteiger partial charge in [-0.2, -0.15) is 0 Å². The second-order valence-corrected chi connectivity index (χ2v) is 3.72. The summed E-state index contributed by atoms with van der Waals surface area (Å²) in [6.45, 7) is 0. The lowest BCUT2D eigenvalue weighted by molar-refractivity contribution is 0.532. The Morgan fingerprint density at radius 2 is 2.36 bits per heavy atom. The van der Waals surface area contributed by atoms with Crippen molar-refractivity contribution in [1.29, 1.82) is 0 Å². The van der Waals surface area contributed by atoms with Crippen LogP contribution in [0.25, 0.3) is 0 Å². The maximum atomic E-state index is 5.58. The molecule has 1 aromatic heterocycles. The smallest absolute Gasteiger partial charge is 0.220 e.